The Bertz CT molecular complexity index is 911. The number of carbonyl (C=O) groups excluding carboxylic acids is 2. The van der Waals surface area contributed by atoms with Crippen LogP contribution < -0.4 is 15.1 Å². The number of carbonyl (C=O) groups is 2. The molecule has 0 bridgehead atoms. The second-order valence-corrected chi connectivity index (χ2v) is 6.38. The first-order valence-corrected chi connectivity index (χ1v) is 9.21. The Morgan fingerprint density at radius 1 is 1.04 bits per heavy atom. The van der Waals surface area contributed by atoms with Crippen molar-refractivity contribution in [3.8, 4) is 11.5 Å². The SMILES string of the molecule is C=C(C)C(=O)Oc1cc2oc(=O)ccc2cc1OC(=O)OCCCCCCC. The molecule has 0 N–H and O–H groups in total. The minimum absolute atomic E-state index is 0.0214. The highest BCUT2D eigenvalue weighted by Crippen LogP contribution is 2.33. The molecule has 1 aromatic heterocycles. The van der Waals surface area contributed by atoms with Crippen molar-refractivity contribution in [1.29, 1.82) is 0 Å². The maximum atomic E-state index is 12.0. The van der Waals surface area contributed by atoms with E-state index >= 15 is 0 Å². The average molecular weight is 388 g/mol. The van der Waals surface area contributed by atoms with Crippen LogP contribution in [-0.4, -0.2) is 18.7 Å². The largest absolute Gasteiger partial charge is 0.513 e. The van der Waals surface area contributed by atoms with Crippen molar-refractivity contribution in [2.45, 2.75) is 46.0 Å². The van der Waals surface area contributed by atoms with E-state index in [1.807, 2.05) is 0 Å². The summed E-state index contributed by atoms with van der Waals surface area (Å²) in [6.07, 6.45) is 4.19. The van der Waals surface area contributed by atoms with Crippen molar-refractivity contribution < 1.29 is 28.2 Å². The van der Waals surface area contributed by atoms with Gasteiger partial charge in [0.25, 0.3) is 0 Å². The molecule has 0 saturated heterocycles. The van der Waals surface area contributed by atoms with Gasteiger partial charge in [-0.25, -0.2) is 14.4 Å². The Balaban J connectivity index is 2.13. The number of unbranched alkanes of at least 4 members (excludes halogenated alkanes) is 4. The second-order valence-electron chi connectivity index (χ2n) is 6.38. The fourth-order valence-electron chi connectivity index (χ4n) is 2.40. The number of hydrogen-bond donors (Lipinski definition) is 0. The van der Waals surface area contributed by atoms with E-state index in [9.17, 15) is 14.4 Å². The first kappa shape index (κ1) is 21.2. The quantitative estimate of drug-likeness (QED) is 0.153. The van der Waals surface area contributed by atoms with Crippen LogP contribution in [0.5, 0.6) is 11.5 Å². The zero-order valence-electron chi connectivity index (χ0n) is 16.1. The monoisotopic (exact) mass is 388 g/mol. The van der Waals surface area contributed by atoms with Crippen LogP contribution in [0.3, 0.4) is 0 Å². The summed E-state index contributed by atoms with van der Waals surface area (Å²) in [5.41, 5.74) is -0.204. The first-order valence-electron chi connectivity index (χ1n) is 9.21. The Kier molecular flexibility index (Phi) is 7.80. The van der Waals surface area contributed by atoms with Gasteiger partial charge in [-0.15, -0.1) is 0 Å². The van der Waals surface area contributed by atoms with Gasteiger partial charge in [0.1, 0.15) is 5.58 Å². The Hall–Kier alpha value is -3.09. The zero-order chi connectivity index (χ0) is 20.5. The van der Waals surface area contributed by atoms with E-state index in [4.69, 9.17) is 18.6 Å². The van der Waals surface area contributed by atoms with Gasteiger partial charge < -0.3 is 18.6 Å². The second kappa shape index (κ2) is 10.3. The topological polar surface area (TPSA) is 92.0 Å². The van der Waals surface area contributed by atoms with Crippen molar-refractivity contribution in [2.75, 3.05) is 6.61 Å². The van der Waals surface area contributed by atoms with E-state index in [1.165, 1.54) is 31.2 Å². The predicted octanol–water partition coefficient (Wildman–Crippen LogP) is 4.76. The fraction of sp³-hybridized carbons (Fsp3) is 0.381. The van der Waals surface area contributed by atoms with Gasteiger partial charge >= 0.3 is 17.8 Å². The van der Waals surface area contributed by atoms with Gasteiger partial charge in [0, 0.05) is 23.1 Å². The molecule has 2 aromatic rings. The summed E-state index contributed by atoms with van der Waals surface area (Å²) in [7, 11) is 0. The molecule has 1 aromatic carbocycles. The average Bonchev–Trinajstić information content (AvgIpc) is 2.65. The number of esters is 1. The Labute approximate surface area is 162 Å². The molecule has 1 heterocycles. The Morgan fingerprint density at radius 2 is 1.75 bits per heavy atom. The summed E-state index contributed by atoms with van der Waals surface area (Å²) in [5.74, 6) is -0.798. The van der Waals surface area contributed by atoms with Gasteiger partial charge in [0.05, 0.1) is 6.61 Å². The van der Waals surface area contributed by atoms with Gasteiger partial charge in [-0.1, -0.05) is 39.2 Å². The maximum absolute atomic E-state index is 12.0. The smallest absolute Gasteiger partial charge is 0.434 e. The number of rotatable bonds is 9. The lowest BCUT2D eigenvalue weighted by molar-refractivity contribution is -0.130. The molecule has 28 heavy (non-hydrogen) atoms. The molecule has 0 aliphatic heterocycles. The zero-order valence-corrected chi connectivity index (χ0v) is 16.1. The van der Waals surface area contributed by atoms with Crippen molar-refractivity contribution in [3.63, 3.8) is 0 Å². The lowest BCUT2D eigenvalue weighted by Gasteiger charge is -2.11. The third kappa shape index (κ3) is 6.26. The van der Waals surface area contributed by atoms with Crippen molar-refractivity contribution in [1.82, 2.24) is 0 Å². The van der Waals surface area contributed by atoms with Gasteiger partial charge in [-0.05, 0) is 25.5 Å². The van der Waals surface area contributed by atoms with Crippen molar-refractivity contribution in [2.24, 2.45) is 0 Å². The third-order valence-electron chi connectivity index (χ3n) is 3.90. The predicted molar refractivity (Wildman–Crippen MR) is 104 cm³/mol. The molecule has 0 fully saturated rings. The Morgan fingerprint density at radius 3 is 2.46 bits per heavy atom. The molecule has 0 aliphatic rings. The highest BCUT2D eigenvalue weighted by molar-refractivity contribution is 5.90. The molecule has 7 nitrogen and oxygen atoms in total. The number of benzene rings is 1. The summed E-state index contributed by atoms with van der Waals surface area (Å²) in [6, 6.07) is 5.49. The minimum Gasteiger partial charge on any atom is -0.434 e. The van der Waals surface area contributed by atoms with Crippen LogP contribution in [0.1, 0.15) is 46.0 Å². The highest BCUT2D eigenvalue weighted by atomic mass is 16.7. The molecule has 0 atom stereocenters. The van der Waals surface area contributed by atoms with Crippen LogP contribution in [0.4, 0.5) is 4.79 Å². The number of hydrogen-bond acceptors (Lipinski definition) is 7. The van der Waals surface area contributed by atoms with Gasteiger partial charge in [0.15, 0.2) is 11.5 Å². The van der Waals surface area contributed by atoms with Crippen LogP contribution in [-0.2, 0) is 9.53 Å². The fourth-order valence-corrected chi connectivity index (χ4v) is 2.40. The maximum Gasteiger partial charge on any atom is 0.513 e. The van der Waals surface area contributed by atoms with E-state index in [2.05, 4.69) is 13.5 Å². The summed E-state index contributed by atoms with van der Waals surface area (Å²) < 4.78 is 20.5. The highest BCUT2D eigenvalue weighted by Gasteiger charge is 2.17. The van der Waals surface area contributed by atoms with Gasteiger partial charge in [-0.2, -0.15) is 0 Å². The molecule has 0 amide bonds. The van der Waals surface area contributed by atoms with Crippen LogP contribution in [0.25, 0.3) is 11.0 Å². The van der Waals surface area contributed by atoms with E-state index in [-0.39, 0.29) is 29.3 Å². The lowest BCUT2D eigenvalue weighted by atomic mass is 10.2. The molecule has 0 unspecified atom stereocenters. The third-order valence-corrected chi connectivity index (χ3v) is 3.90. The summed E-state index contributed by atoms with van der Waals surface area (Å²) in [4.78, 5) is 35.3. The molecule has 0 radical (unpaired) electrons. The van der Waals surface area contributed by atoms with E-state index in [0.717, 1.165) is 32.1 Å². The summed E-state index contributed by atoms with van der Waals surface area (Å²) in [5, 5.41) is 0.497. The van der Waals surface area contributed by atoms with Crippen LogP contribution in [0.15, 0.2) is 45.6 Å². The molecular formula is C21H24O7. The molecule has 150 valence electrons. The number of ether oxygens (including phenoxy) is 3. The van der Waals surface area contributed by atoms with E-state index in [1.54, 1.807) is 0 Å². The van der Waals surface area contributed by atoms with Crippen LogP contribution in [0.2, 0.25) is 0 Å². The molecule has 0 spiro atoms. The van der Waals surface area contributed by atoms with Gasteiger partial charge in [-0.3, -0.25) is 0 Å². The molecular weight excluding hydrogens is 364 g/mol. The molecule has 0 aliphatic carbocycles. The number of fused-ring (bicyclic) bond motifs is 1. The van der Waals surface area contributed by atoms with Gasteiger partial charge in [0.2, 0.25) is 0 Å². The molecule has 7 heteroatoms. The summed E-state index contributed by atoms with van der Waals surface area (Å²) in [6.45, 7) is 7.36. The first-order chi connectivity index (χ1) is 13.4. The minimum atomic E-state index is -0.903. The lowest BCUT2D eigenvalue weighted by Crippen LogP contribution is -2.14. The normalized spacial score (nSPS) is 10.5. The standard InChI is InChI=1S/C21H24O7/c1-4-5-6-7-8-11-25-21(24)28-17-12-15-9-10-19(22)26-16(15)13-18(17)27-20(23)14(2)3/h9-10,12-13H,2,4-8,11H2,1,3H3. The molecule has 0 saturated carbocycles. The van der Waals surface area contributed by atoms with E-state index < -0.39 is 17.8 Å². The van der Waals surface area contributed by atoms with Crippen LogP contribution in [0, 0.1) is 0 Å². The molecule has 2 rings (SSSR count). The summed E-state index contributed by atoms with van der Waals surface area (Å²) >= 11 is 0. The van der Waals surface area contributed by atoms with Crippen molar-refractivity contribution in [3.05, 3.63) is 46.8 Å². The van der Waals surface area contributed by atoms with E-state index in [0.29, 0.717) is 5.39 Å². The van der Waals surface area contributed by atoms with Crippen molar-refractivity contribution >= 4 is 23.1 Å². The van der Waals surface area contributed by atoms with Crippen LogP contribution >= 0.6 is 0 Å².